The molecule has 0 bridgehead atoms. The van der Waals surface area contributed by atoms with Gasteiger partial charge in [0.2, 0.25) is 15.9 Å². The first kappa shape index (κ1) is 15.6. The Morgan fingerprint density at radius 3 is 2.54 bits per heavy atom. The van der Waals surface area contributed by atoms with E-state index in [0.29, 0.717) is 37.3 Å². The van der Waals surface area contributed by atoms with Crippen LogP contribution in [0.25, 0.3) is 0 Å². The number of hydrogen-bond acceptors (Lipinski definition) is 6. The average molecular weight is 349 g/mol. The molecule has 1 saturated carbocycles. The summed E-state index contributed by atoms with van der Waals surface area (Å²) in [7, 11) is -3.48. The van der Waals surface area contributed by atoms with E-state index in [9.17, 15) is 8.42 Å². The fourth-order valence-electron chi connectivity index (χ4n) is 2.73. The molecule has 0 radical (unpaired) electrons. The smallest absolute Gasteiger partial charge is 0.243 e. The number of aromatic nitrogens is 2. The van der Waals surface area contributed by atoms with Crippen molar-refractivity contribution in [1.82, 2.24) is 14.4 Å². The Hall–Kier alpha value is -1.93. The van der Waals surface area contributed by atoms with Crippen LogP contribution in [0, 0.1) is 0 Å². The van der Waals surface area contributed by atoms with E-state index in [0.717, 1.165) is 18.7 Å². The van der Waals surface area contributed by atoms with Crippen molar-refractivity contribution < 1.29 is 17.7 Å². The fraction of sp³-hybridized carbons (Fsp3) is 0.500. The predicted molar refractivity (Wildman–Crippen MR) is 85.4 cm³/mol. The standard InChI is InChI=1S/C16H19N3O4S/c1-2-22-13-5-7-14(8-6-13)24(20,21)19-9-12(10-19)16-17-15(18-23-16)11-3-4-11/h5-8,11-12H,2-4,9-10H2,1H3. The molecule has 1 saturated heterocycles. The second-order valence-corrected chi connectivity index (χ2v) is 8.13. The highest BCUT2D eigenvalue weighted by molar-refractivity contribution is 7.89. The molecular weight excluding hydrogens is 330 g/mol. The van der Waals surface area contributed by atoms with Crippen molar-refractivity contribution >= 4 is 10.0 Å². The average Bonchev–Trinajstić information content (AvgIpc) is 3.26. The molecular formula is C16H19N3O4S. The zero-order valence-corrected chi connectivity index (χ0v) is 14.2. The fourth-order valence-corrected chi connectivity index (χ4v) is 4.27. The Morgan fingerprint density at radius 2 is 1.92 bits per heavy atom. The number of ether oxygens (including phenoxy) is 1. The molecule has 0 atom stereocenters. The molecule has 128 valence electrons. The largest absolute Gasteiger partial charge is 0.494 e. The summed E-state index contributed by atoms with van der Waals surface area (Å²) in [6.07, 6.45) is 2.23. The van der Waals surface area contributed by atoms with E-state index < -0.39 is 10.0 Å². The molecule has 7 nitrogen and oxygen atoms in total. The third-order valence-corrected chi connectivity index (χ3v) is 6.22. The zero-order chi connectivity index (χ0) is 16.7. The van der Waals surface area contributed by atoms with E-state index in [2.05, 4.69) is 10.1 Å². The number of benzene rings is 1. The highest BCUT2D eigenvalue weighted by Gasteiger charge is 2.41. The van der Waals surface area contributed by atoms with Crippen molar-refractivity contribution in [2.24, 2.45) is 0 Å². The monoisotopic (exact) mass is 349 g/mol. The van der Waals surface area contributed by atoms with Crippen molar-refractivity contribution in [3.8, 4) is 5.75 Å². The van der Waals surface area contributed by atoms with Crippen LogP contribution in [0.15, 0.2) is 33.7 Å². The maximum Gasteiger partial charge on any atom is 0.243 e. The molecule has 0 unspecified atom stereocenters. The lowest BCUT2D eigenvalue weighted by molar-refractivity contribution is 0.216. The van der Waals surface area contributed by atoms with Crippen LogP contribution in [0.5, 0.6) is 5.75 Å². The summed E-state index contributed by atoms with van der Waals surface area (Å²) in [5.74, 6) is 2.40. The molecule has 0 amide bonds. The molecule has 1 aliphatic carbocycles. The van der Waals surface area contributed by atoms with E-state index in [1.165, 1.54) is 4.31 Å². The number of hydrogen-bond donors (Lipinski definition) is 0. The minimum Gasteiger partial charge on any atom is -0.494 e. The normalized spacial score (nSPS) is 19.2. The summed E-state index contributed by atoms with van der Waals surface area (Å²) in [6.45, 7) is 3.19. The summed E-state index contributed by atoms with van der Waals surface area (Å²) in [4.78, 5) is 4.67. The topological polar surface area (TPSA) is 85.5 Å². The SMILES string of the molecule is CCOc1ccc(S(=O)(=O)N2CC(c3nc(C4CC4)no3)C2)cc1. The first-order valence-corrected chi connectivity index (χ1v) is 9.58. The zero-order valence-electron chi connectivity index (χ0n) is 13.4. The molecule has 1 aliphatic heterocycles. The van der Waals surface area contributed by atoms with Gasteiger partial charge >= 0.3 is 0 Å². The van der Waals surface area contributed by atoms with Gasteiger partial charge in [-0.3, -0.25) is 0 Å². The van der Waals surface area contributed by atoms with Crippen LogP contribution in [-0.2, 0) is 10.0 Å². The summed E-state index contributed by atoms with van der Waals surface area (Å²) >= 11 is 0. The first-order valence-electron chi connectivity index (χ1n) is 8.14. The van der Waals surface area contributed by atoms with Gasteiger partial charge in [-0.05, 0) is 44.0 Å². The highest BCUT2D eigenvalue weighted by Crippen LogP contribution is 2.39. The van der Waals surface area contributed by atoms with Gasteiger partial charge in [0.05, 0.1) is 17.4 Å². The van der Waals surface area contributed by atoms with E-state index >= 15 is 0 Å². The molecule has 0 N–H and O–H groups in total. The Bertz CT molecular complexity index is 821. The Labute approximate surface area is 140 Å². The van der Waals surface area contributed by atoms with Gasteiger partial charge in [0, 0.05) is 19.0 Å². The summed E-state index contributed by atoms with van der Waals surface area (Å²) in [5, 5.41) is 3.99. The van der Waals surface area contributed by atoms with Crippen molar-refractivity contribution in [3.63, 3.8) is 0 Å². The quantitative estimate of drug-likeness (QED) is 0.794. The van der Waals surface area contributed by atoms with E-state index in [4.69, 9.17) is 9.26 Å². The lowest BCUT2D eigenvalue weighted by atomic mass is 10.0. The molecule has 1 aromatic heterocycles. The predicted octanol–water partition coefficient (Wildman–Crippen LogP) is 2.13. The van der Waals surface area contributed by atoms with Crippen LogP contribution in [0.1, 0.15) is 43.3 Å². The number of sulfonamides is 1. The van der Waals surface area contributed by atoms with Gasteiger partial charge in [-0.2, -0.15) is 9.29 Å². The minimum absolute atomic E-state index is 0.0116. The van der Waals surface area contributed by atoms with Gasteiger partial charge in [0.1, 0.15) is 5.75 Å². The van der Waals surface area contributed by atoms with Gasteiger partial charge in [-0.25, -0.2) is 8.42 Å². The summed E-state index contributed by atoms with van der Waals surface area (Å²) in [5.41, 5.74) is 0. The molecule has 24 heavy (non-hydrogen) atoms. The summed E-state index contributed by atoms with van der Waals surface area (Å²) < 4.78 is 37.3. The van der Waals surface area contributed by atoms with Crippen molar-refractivity contribution in [2.45, 2.75) is 36.5 Å². The van der Waals surface area contributed by atoms with Gasteiger partial charge < -0.3 is 9.26 Å². The van der Waals surface area contributed by atoms with Gasteiger partial charge in [0.15, 0.2) is 5.82 Å². The van der Waals surface area contributed by atoms with Gasteiger partial charge in [-0.15, -0.1) is 0 Å². The van der Waals surface area contributed by atoms with E-state index in [-0.39, 0.29) is 10.8 Å². The molecule has 2 fully saturated rings. The van der Waals surface area contributed by atoms with Crippen molar-refractivity contribution in [2.75, 3.05) is 19.7 Å². The van der Waals surface area contributed by atoms with Gasteiger partial charge in [-0.1, -0.05) is 5.16 Å². The highest BCUT2D eigenvalue weighted by atomic mass is 32.2. The van der Waals surface area contributed by atoms with E-state index in [1.54, 1.807) is 24.3 Å². The number of nitrogens with zero attached hydrogens (tertiary/aromatic N) is 3. The minimum atomic E-state index is -3.48. The second kappa shape index (κ2) is 5.86. The van der Waals surface area contributed by atoms with E-state index in [1.807, 2.05) is 6.92 Å². The maximum absolute atomic E-state index is 12.6. The molecule has 4 rings (SSSR count). The molecule has 0 spiro atoms. The van der Waals surface area contributed by atoms with Crippen LogP contribution < -0.4 is 4.74 Å². The van der Waals surface area contributed by atoms with Crippen molar-refractivity contribution in [3.05, 3.63) is 36.0 Å². The molecule has 2 aromatic rings. The van der Waals surface area contributed by atoms with Gasteiger partial charge in [0.25, 0.3) is 0 Å². The van der Waals surface area contributed by atoms with Crippen LogP contribution >= 0.6 is 0 Å². The summed E-state index contributed by atoms with van der Waals surface area (Å²) in [6, 6.07) is 6.50. The Balaban J connectivity index is 1.42. The third-order valence-electron chi connectivity index (χ3n) is 4.37. The van der Waals surface area contributed by atoms with Crippen LogP contribution in [-0.4, -0.2) is 42.6 Å². The van der Waals surface area contributed by atoms with Crippen LogP contribution in [0.2, 0.25) is 0 Å². The number of rotatable bonds is 6. The molecule has 8 heteroatoms. The maximum atomic E-state index is 12.6. The first-order chi connectivity index (χ1) is 11.6. The Kier molecular flexibility index (Phi) is 3.80. The van der Waals surface area contributed by atoms with Crippen molar-refractivity contribution in [1.29, 1.82) is 0 Å². The van der Waals surface area contributed by atoms with Crippen LogP contribution in [0.3, 0.4) is 0 Å². The second-order valence-electron chi connectivity index (χ2n) is 6.19. The Morgan fingerprint density at radius 1 is 1.21 bits per heavy atom. The third kappa shape index (κ3) is 2.80. The molecule has 1 aromatic carbocycles. The van der Waals surface area contributed by atoms with Crippen LogP contribution in [0.4, 0.5) is 0 Å². The molecule has 2 heterocycles. The lowest BCUT2D eigenvalue weighted by Gasteiger charge is -2.35. The lowest BCUT2D eigenvalue weighted by Crippen LogP contribution is -2.48. The molecule has 2 aliphatic rings.